The Morgan fingerprint density at radius 1 is 1.41 bits per heavy atom. The van der Waals surface area contributed by atoms with Crippen LogP contribution in [0.5, 0.6) is 11.5 Å². The molecule has 2 unspecified atom stereocenters. The van der Waals surface area contributed by atoms with E-state index in [1.807, 2.05) is 5.38 Å². The van der Waals surface area contributed by atoms with Crippen molar-refractivity contribution in [1.29, 1.82) is 0 Å². The number of thiophene rings is 1. The van der Waals surface area contributed by atoms with Gasteiger partial charge in [0, 0.05) is 17.5 Å². The summed E-state index contributed by atoms with van der Waals surface area (Å²) >= 11 is 1.35. The van der Waals surface area contributed by atoms with E-state index in [1.165, 1.54) is 11.3 Å². The standard InChI is InChI=1S/C11H14N2O3S/c12-6-1-2-7(6)13-11(14)10-9-8(5-17-10)15-3-4-16-9/h5-7H,1-4,12H2,(H,13,14). The van der Waals surface area contributed by atoms with Crippen LogP contribution in [0, 0.1) is 0 Å². The maximum atomic E-state index is 12.0. The Labute approximate surface area is 103 Å². The normalized spacial score (nSPS) is 26.2. The van der Waals surface area contributed by atoms with Gasteiger partial charge in [-0.05, 0) is 12.8 Å². The minimum Gasteiger partial charge on any atom is -0.485 e. The highest BCUT2D eigenvalue weighted by Gasteiger charge is 2.31. The Morgan fingerprint density at radius 2 is 2.24 bits per heavy atom. The molecule has 0 spiro atoms. The monoisotopic (exact) mass is 254 g/mol. The molecule has 3 N–H and O–H groups in total. The number of nitrogens with two attached hydrogens (primary N) is 1. The number of ether oxygens (including phenoxy) is 2. The molecule has 1 aliphatic heterocycles. The lowest BCUT2D eigenvalue weighted by Crippen LogP contribution is -2.54. The Hall–Kier alpha value is -1.27. The molecule has 1 aromatic rings. The molecule has 92 valence electrons. The van der Waals surface area contributed by atoms with E-state index in [-0.39, 0.29) is 18.0 Å². The van der Waals surface area contributed by atoms with Crippen LogP contribution in [-0.4, -0.2) is 31.2 Å². The number of carbonyl (C=O) groups is 1. The molecule has 2 aliphatic rings. The average molecular weight is 254 g/mol. The van der Waals surface area contributed by atoms with Gasteiger partial charge in [0.1, 0.15) is 18.1 Å². The molecule has 1 aliphatic carbocycles. The number of fused-ring (bicyclic) bond motifs is 1. The van der Waals surface area contributed by atoms with Crippen LogP contribution in [0.25, 0.3) is 0 Å². The number of amides is 1. The molecule has 1 saturated carbocycles. The highest BCUT2D eigenvalue weighted by molar-refractivity contribution is 7.12. The van der Waals surface area contributed by atoms with Crippen LogP contribution in [0.3, 0.4) is 0 Å². The van der Waals surface area contributed by atoms with Crippen molar-refractivity contribution < 1.29 is 14.3 Å². The van der Waals surface area contributed by atoms with Crippen LogP contribution in [0.15, 0.2) is 5.38 Å². The maximum Gasteiger partial charge on any atom is 0.265 e. The summed E-state index contributed by atoms with van der Waals surface area (Å²) in [4.78, 5) is 12.6. The van der Waals surface area contributed by atoms with Crippen molar-refractivity contribution in [3.05, 3.63) is 10.3 Å². The lowest BCUT2D eigenvalue weighted by Gasteiger charge is -2.34. The van der Waals surface area contributed by atoms with E-state index in [2.05, 4.69) is 5.32 Å². The number of hydrogen-bond donors (Lipinski definition) is 2. The van der Waals surface area contributed by atoms with Gasteiger partial charge in [0.15, 0.2) is 11.5 Å². The topological polar surface area (TPSA) is 73.6 Å². The SMILES string of the molecule is NC1CCC1NC(=O)c1scc2c1OCCO2. The minimum absolute atomic E-state index is 0.0897. The molecule has 3 rings (SSSR count). The first kappa shape index (κ1) is 10.9. The van der Waals surface area contributed by atoms with Gasteiger partial charge in [0.25, 0.3) is 5.91 Å². The van der Waals surface area contributed by atoms with Gasteiger partial charge in [0.2, 0.25) is 0 Å². The van der Waals surface area contributed by atoms with Crippen molar-refractivity contribution in [1.82, 2.24) is 5.32 Å². The van der Waals surface area contributed by atoms with E-state index in [1.54, 1.807) is 0 Å². The average Bonchev–Trinajstić information content (AvgIpc) is 2.77. The van der Waals surface area contributed by atoms with Crippen molar-refractivity contribution in [3.8, 4) is 11.5 Å². The summed E-state index contributed by atoms with van der Waals surface area (Å²) in [5.41, 5.74) is 5.79. The number of rotatable bonds is 2. The van der Waals surface area contributed by atoms with Gasteiger partial charge in [-0.1, -0.05) is 0 Å². The predicted molar refractivity (Wildman–Crippen MR) is 63.8 cm³/mol. The van der Waals surface area contributed by atoms with E-state index in [9.17, 15) is 4.79 Å². The summed E-state index contributed by atoms with van der Waals surface area (Å²) in [5, 5.41) is 4.74. The summed E-state index contributed by atoms with van der Waals surface area (Å²) in [7, 11) is 0. The van der Waals surface area contributed by atoms with Crippen LogP contribution in [0.1, 0.15) is 22.5 Å². The molecule has 0 saturated heterocycles. The summed E-state index contributed by atoms with van der Waals surface area (Å²) in [6.07, 6.45) is 1.94. The Bertz CT molecular complexity index is 446. The zero-order chi connectivity index (χ0) is 11.8. The lowest BCUT2D eigenvalue weighted by molar-refractivity contribution is 0.0901. The Balaban J connectivity index is 1.74. The third-order valence-corrected chi connectivity index (χ3v) is 4.09. The third kappa shape index (κ3) is 1.87. The Kier molecular flexibility index (Phi) is 2.68. The fourth-order valence-corrected chi connectivity index (χ4v) is 2.79. The first-order valence-electron chi connectivity index (χ1n) is 5.69. The van der Waals surface area contributed by atoms with E-state index >= 15 is 0 Å². The van der Waals surface area contributed by atoms with Crippen molar-refractivity contribution in [2.24, 2.45) is 5.73 Å². The molecular formula is C11H14N2O3S. The van der Waals surface area contributed by atoms with Crippen LogP contribution in [0.4, 0.5) is 0 Å². The second-order valence-electron chi connectivity index (χ2n) is 4.28. The molecule has 2 heterocycles. The largest absolute Gasteiger partial charge is 0.485 e. The van der Waals surface area contributed by atoms with Gasteiger partial charge >= 0.3 is 0 Å². The van der Waals surface area contributed by atoms with E-state index in [4.69, 9.17) is 15.2 Å². The zero-order valence-corrected chi connectivity index (χ0v) is 10.1. The maximum absolute atomic E-state index is 12.0. The molecule has 0 bridgehead atoms. The van der Waals surface area contributed by atoms with Gasteiger partial charge in [-0.25, -0.2) is 0 Å². The first-order chi connectivity index (χ1) is 8.25. The van der Waals surface area contributed by atoms with Crippen LogP contribution >= 0.6 is 11.3 Å². The fraction of sp³-hybridized carbons (Fsp3) is 0.545. The summed E-state index contributed by atoms with van der Waals surface area (Å²) in [6, 6.07) is 0.191. The van der Waals surface area contributed by atoms with Crippen LogP contribution in [0.2, 0.25) is 0 Å². The third-order valence-electron chi connectivity index (χ3n) is 3.15. The molecule has 0 radical (unpaired) electrons. The first-order valence-corrected chi connectivity index (χ1v) is 6.57. The van der Waals surface area contributed by atoms with Crippen molar-refractivity contribution in [2.75, 3.05) is 13.2 Å². The van der Waals surface area contributed by atoms with E-state index in [0.717, 1.165) is 12.8 Å². The van der Waals surface area contributed by atoms with E-state index in [0.29, 0.717) is 29.6 Å². The van der Waals surface area contributed by atoms with Gasteiger partial charge in [-0.15, -0.1) is 11.3 Å². The van der Waals surface area contributed by atoms with Crippen LogP contribution < -0.4 is 20.5 Å². The number of carbonyl (C=O) groups excluding carboxylic acids is 1. The fourth-order valence-electron chi connectivity index (χ4n) is 1.96. The zero-order valence-electron chi connectivity index (χ0n) is 9.27. The second kappa shape index (κ2) is 4.19. The van der Waals surface area contributed by atoms with E-state index < -0.39 is 0 Å². The van der Waals surface area contributed by atoms with Gasteiger partial charge in [0.05, 0.1) is 0 Å². The second-order valence-corrected chi connectivity index (χ2v) is 5.16. The van der Waals surface area contributed by atoms with Gasteiger partial charge in [-0.3, -0.25) is 4.79 Å². The number of hydrogen-bond acceptors (Lipinski definition) is 5. The van der Waals surface area contributed by atoms with Crippen molar-refractivity contribution >= 4 is 17.2 Å². The van der Waals surface area contributed by atoms with Gasteiger partial charge < -0.3 is 20.5 Å². The number of nitrogens with one attached hydrogen (secondary N) is 1. The lowest BCUT2D eigenvalue weighted by atomic mass is 9.87. The highest BCUT2D eigenvalue weighted by atomic mass is 32.1. The highest BCUT2D eigenvalue weighted by Crippen LogP contribution is 2.39. The molecule has 2 atom stereocenters. The molecule has 5 nitrogen and oxygen atoms in total. The summed E-state index contributed by atoms with van der Waals surface area (Å²) in [6.45, 7) is 1.03. The predicted octanol–water partition coefficient (Wildman–Crippen LogP) is 0.739. The molecule has 1 amide bonds. The summed E-state index contributed by atoms with van der Waals surface area (Å²) in [5.74, 6) is 1.14. The smallest absolute Gasteiger partial charge is 0.265 e. The quantitative estimate of drug-likeness (QED) is 0.816. The molecule has 0 aromatic carbocycles. The molecule has 17 heavy (non-hydrogen) atoms. The van der Waals surface area contributed by atoms with Crippen molar-refractivity contribution in [2.45, 2.75) is 24.9 Å². The molecule has 1 aromatic heterocycles. The molecule has 1 fully saturated rings. The van der Waals surface area contributed by atoms with Gasteiger partial charge in [-0.2, -0.15) is 0 Å². The molecular weight excluding hydrogens is 240 g/mol. The summed E-state index contributed by atoms with van der Waals surface area (Å²) < 4.78 is 10.9. The minimum atomic E-state index is -0.109. The molecule has 6 heteroatoms. The van der Waals surface area contributed by atoms with Crippen LogP contribution in [-0.2, 0) is 0 Å². The van der Waals surface area contributed by atoms with Crippen molar-refractivity contribution in [3.63, 3.8) is 0 Å². The Morgan fingerprint density at radius 3 is 2.94 bits per heavy atom.